The molecule has 2 heterocycles. The fraction of sp³-hybridized carbons (Fsp3) is 0.333. The number of amides is 1. The molecule has 1 amide bonds. The van der Waals surface area contributed by atoms with E-state index in [9.17, 15) is 4.79 Å². The van der Waals surface area contributed by atoms with Crippen molar-refractivity contribution in [3.63, 3.8) is 0 Å². The van der Waals surface area contributed by atoms with E-state index in [-0.39, 0.29) is 12.5 Å². The lowest BCUT2D eigenvalue weighted by atomic mass is 10.2. The van der Waals surface area contributed by atoms with Crippen LogP contribution < -0.4 is 9.64 Å². The molecule has 2 aliphatic rings. The normalized spacial score (nSPS) is 16.5. The Morgan fingerprint density at radius 1 is 1.31 bits per heavy atom. The van der Waals surface area contributed by atoms with Crippen LogP contribution in [0.25, 0.3) is 0 Å². The molecule has 0 saturated heterocycles. The molecule has 0 aromatic heterocycles. The van der Waals surface area contributed by atoms with Crippen molar-refractivity contribution >= 4 is 17.4 Å². The van der Waals surface area contributed by atoms with Crippen molar-refractivity contribution < 1.29 is 9.53 Å². The Labute approximate surface area is 94.5 Å². The van der Waals surface area contributed by atoms with Gasteiger partial charge in [0.2, 0.25) is 0 Å². The van der Waals surface area contributed by atoms with Crippen LogP contribution in [0.1, 0.15) is 13.8 Å². The zero-order chi connectivity index (χ0) is 11.5. The van der Waals surface area contributed by atoms with Crippen molar-refractivity contribution in [3.05, 3.63) is 24.3 Å². The number of fused-ring (bicyclic) bond motifs is 3. The zero-order valence-electron chi connectivity index (χ0n) is 9.43. The van der Waals surface area contributed by atoms with Crippen LogP contribution in [0.2, 0.25) is 0 Å². The van der Waals surface area contributed by atoms with Gasteiger partial charge in [-0.05, 0) is 12.1 Å². The number of rotatable bonds is 0. The Kier molecular flexibility index (Phi) is 2.90. The summed E-state index contributed by atoms with van der Waals surface area (Å²) in [5.41, 5.74) is 0.806. The quantitative estimate of drug-likeness (QED) is 0.667. The smallest absolute Gasteiger partial charge is 0.254 e. The molecule has 4 heteroatoms. The van der Waals surface area contributed by atoms with E-state index < -0.39 is 0 Å². The second kappa shape index (κ2) is 4.35. The molecular weight excluding hydrogens is 204 g/mol. The van der Waals surface area contributed by atoms with Gasteiger partial charge in [-0.25, -0.2) is 0 Å². The second-order valence-electron chi connectivity index (χ2n) is 3.22. The molecule has 0 fully saturated rings. The summed E-state index contributed by atoms with van der Waals surface area (Å²) >= 11 is 0. The van der Waals surface area contributed by atoms with Gasteiger partial charge < -0.3 is 4.74 Å². The maximum atomic E-state index is 11.5. The van der Waals surface area contributed by atoms with Gasteiger partial charge >= 0.3 is 0 Å². The Morgan fingerprint density at radius 2 is 2.06 bits per heavy atom. The summed E-state index contributed by atoms with van der Waals surface area (Å²) in [6, 6.07) is 7.50. The van der Waals surface area contributed by atoms with Crippen LogP contribution in [0.5, 0.6) is 5.75 Å². The van der Waals surface area contributed by atoms with Crippen molar-refractivity contribution in [3.8, 4) is 5.75 Å². The van der Waals surface area contributed by atoms with Crippen LogP contribution in [0.15, 0.2) is 29.3 Å². The minimum Gasteiger partial charge on any atom is -0.483 e. The van der Waals surface area contributed by atoms with Crippen LogP contribution >= 0.6 is 0 Å². The molecule has 0 atom stereocenters. The molecule has 0 saturated carbocycles. The SMILES string of the molecule is CC.O=C1CN=C2COc3ccccc3N12. The molecule has 0 unspecified atom stereocenters. The fourth-order valence-corrected chi connectivity index (χ4v) is 1.73. The maximum Gasteiger partial charge on any atom is 0.254 e. The van der Waals surface area contributed by atoms with Gasteiger partial charge in [-0.1, -0.05) is 26.0 Å². The highest BCUT2D eigenvalue weighted by atomic mass is 16.5. The van der Waals surface area contributed by atoms with Crippen molar-refractivity contribution in [2.75, 3.05) is 18.1 Å². The Bertz CT molecular complexity index is 440. The van der Waals surface area contributed by atoms with Crippen molar-refractivity contribution in [2.24, 2.45) is 4.99 Å². The second-order valence-corrected chi connectivity index (χ2v) is 3.22. The topological polar surface area (TPSA) is 41.9 Å². The van der Waals surface area contributed by atoms with Gasteiger partial charge in [0.05, 0.1) is 5.69 Å². The van der Waals surface area contributed by atoms with Crippen LogP contribution in [0.4, 0.5) is 5.69 Å². The molecule has 4 nitrogen and oxygen atoms in total. The molecule has 1 aromatic carbocycles. The Balaban J connectivity index is 0.000000457. The van der Waals surface area contributed by atoms with Crippen molar-refractivity contribution in [1.29, 1.82) is 0 Å². The van der Waals surface area contributed by atoms with Crippen LogP contribution in [-0.2, 0) is 4.79 Å². The fourth-order valence-electron chi connectivity index (χ4n) is 1.73. The van der Waals surface area contributed by atoms with Crippen LogP contribution in [-0.4, -0.2) is 24.9 Å². The van der Waals surface area contributed by atoms with Gasteiger partial charge in [0.1, 0.15) is 24.7 Å². The average Bonchev–Trinajstić information content (AvgIpc) is 2.74. The number of para-hydroxylation sites is 2. The highest BCUT2D eigenvalue weighted by molar-refractivity contribution is 6.23. The molecule has 0 bridgehead atoms. The number of benzene rings is 1. The van der Waals surface area contributed by atoms with E-state index >= 15 is 0 Å². The lowest BCUT2D eigenvalue weighted by Crippen LogP contribution is -2.39. The van der Waals surface area contributed by atoms with E-state index in [4.69, 9.17) is 4.74 Å². The standard InChI is InChI=1S/C10H8N2O2.C2H6/c13-10-5-11-9-6-14-8-4-2-1-3-7(8)12(9)10;1-2/h1-4H,5-6H2;1-2H3. The first-order valence-corrected chi connectivity index (χ1v) is 5.44. The number of anilines is 1. The van der Waals surface area contributed by atoms with Gasteiger partial charge in [0.25, 0.3) is 5.91 Å². The predicted molar refractivity (Wildman–Crippen MR) is 63.1 cm³/mol. The molecule has 3 rings (SSSR count). The lowest BCUT2D eigenvalue weighted by molar-refractivity contribution is -0.115. The molecular formula is C12H14N2O2. The summed E-state index contributed by atoms with van der Waals surface area (Å²) in [4.78, 5) is 17.3. The van der Waals surface area contributed by atoms with Crippen LogP contribution in [0.3, 0.4) is 0 Å². The molecule has 84 valence electrons. The average molecular weight is 218 g/mol. The number of aliphatic imine (C=N–C) groups is 1. The minimum absolute atomic E-state index is 0.0238. The highest BCUT2D eigenvalue weighted by Crippen LogP contribution is 2.33. The van der Waals surface area contributed by atoms with Gasteiger partial charge in [-0.2, -0.15) is 0 Å². The van der Waals surface area contributed by atoms with Crippen molar-refractivity contribution in [1.82, 2.24) is 0 Å². The van der Waals surface area contributed by atoms with Gasteiger partial charge in [0, 0.05) is 0 Å². The monoisotopic (exact) mass is 218 g/mol. The number of amidine groups is 1. The third kappa shape index (κ3) is 1.56. The van der Waals surface area contributed by atoms with Gasteiger partial charge in [-0.3, -0.25) is 14.7 Å². The van der Waals surface area contributed by atoms with E-state index in [2.05, 4.69) is 4.99 Å². The number of carbonyl (C=O) groups excluding carboxylic acids is 1. The third-order valence-electron chi connectivity index (χ3n) is 2.37. The van der Waals surface area contributed by atoms with Gasteiger partial charge in [-0.15, -0.1) is 0 Å². The van der Waals surface area contributed by atoms with E-state index in [1.807, 2.05) is 38.1 Å². The molecule has 0 N–H and O–H groups in total. The largest absolute Gasteiger partial charge is 0.483 e. The predicted octanol–water partition coefficient (Wildman–Crippen LogP) is 1.85. The molecule has 0 radical (unpaired) electrons. The first kappa shape index (κ1) is 10.7. The number of ether oxygens (including phenoxy) is 1. The summed E-state index contributed by atoms with van der Waals surface area (Å²) in [6.45, 7) is 4.63. The number of nitrogens with zero attached hydrogens (tertiary/aromatic N) is 2. The first-order valence-electron chi connectivity index (χ1n) is 5.44. The summed E-state index contributed by atoms with van der Waals surface area (Å²) in [7, 11) is 0. The van der Waals surface area contributed by atoms with E-state index in [0.717, 1.165) is 11.4 Å². The number of hydrogen-bond acceptors (Lipinski definition) is 3. The summed E-state index contributed by atoms with van der Waals surface area (Å²) in [5, 5.41) is 0. The zero-order valence-corrected chi connectivity index (χ0v) is 9.43. The molecule has 1 aromatic rings. The summed E-state index contributed by atoms with van der Waals surface area (Å²) in [6.07, 6.45) is 0. The number of hydrogen-bond donors (Lipinski definition) is 0. The Morgan fingerprint density at radius 3 is 2.88 bits per heavy atom. The Hall–Kier alpha value is -1.84. The van der Waals surface area contributed by atoms with E-state index in [1.165, 1.54) is 0 Å². The molecule has 2 aliphatic heterocycles. The summed E-state index contributed by atoms with van der Waals surface area (Å²) in [5.74, 6) is 1.49. The lowest BCUT2D eigenvalue weighted by Gasteiger charge is -2.26. The van der Waals surface area contributed by atoms with E-state index in [0.29, 0.717) is 12.4 Å². The minimum atomic E-state index is 0.0238. The van der Waals surface area contributed by atoms with Gasteiger partial charge in [0.15, 0.2) is 0 Å². The van der Waals surface area contributed by atoms with Crippen LogP contribution in [0, 0.1) is 0 Å². The number of carbonyl (C=O) groups is 1. The highest BCUT2D eigenvalue weighted by Gasteiger charge is 2.32. The van der Waals surface area contributed by atoms with E-state index in [1.54, 1.807) is 4.90 Å². The third-order valence-corrected chi connectivity index (χ3v) is 2.37. The molecule has 0 spiro atoms. The molecule has 16 heavy (non-hydrogen) atoms. The first-order chi connectivity index (χ1) is 7.86. The summed E-state index contributed by atoms with van der Waals surface area (Å²) < 4.78 is 5.46. The molecule has 0 aliphatic carbocycles. The maximum absolute atomic E-state index is 11.5. The van der Waals surface area contributed by atoms with Crippen molar-refractivity contribution in [2.45, 2.75) is 13.8 Å².